The van der Waals surface area contributed by atoms with Gasteiger partial charge in [-0.25, -0.2) is 29.5 Å². The Morgan fingerprint density at radius 3 is 2.16 bits per heavy atom. The topological polar surface area (TPSA) is 133 Å². The second-order valence-corrected chi connectivity index (χ2v) is 3.95. The van der Waals surface area contributed by atoms with Gasteiger partial charge in [-0.3, -0.25) is 9.59 Å². The molecule has 11 nitrogen and oxygen atoms in total. The van der Waals surface area contributed by atoms with Gasteiger partial charge in [0.05, 0.1) is 0 Å². The third kappa shape index (κ3) is 1.58. The Bertz CT molecular complexity index is 506. The maximum Gasteiger partial charge on any atom is 0.379 e. The predicted octanol–water partition coefficient (Wildman–Crippen LogP) is -1.31. The van der Waals surface area contributed by atoms with Gasteiger partial charge in [0.2, 0.25) is 18.0 Å². The van der Waals surface area contributed by atoms with Crippen LogP contribution in [-0.2, 0) is 9.59 Å². The van der Waals surface area contributed by atoms with E-state index in [1.807, 2.05) is 0 Å². The van der Waals surface area contributed by atoms with Crippen LogP contribution in [0.2, 0.25) is 0 Å². The van der Waals surface area contributed by atoms with Crippen LogP contribution in [0.25, 0.3) is 0 Å². The number of nitrogens with zero attached hydrogens (tertiary/aromatic N) is 4. The van der Waals surface area contributed by atoms with Crippen molar-refractivity contribution in [2.75, 3.05) is 0 Å². The van der Waals surface area contributed by atoms with E-state index in [0.717, 1.165) is 13.8 Å². The van der Waals surface area contributed by atoms with Gasteiger partial charge in [0.25, 0.3) is 0 Å². The van der Waals surface area contributed by atoms with Crippen molar-refractivity contribution in [3.63, 3.8) is 0 Å². The Hall–Kier alpha value is -2.72. The van der Waals surface area contributed by atoms with Crippen molar-refractivity contribution >= 4 is 23.9 Å². The highest BCUT2D eigenvalue weighted by atomic mass is 16.7. The van der Waals surface area contributed by atoms with Gasteiger partial charge in [-0.1, -0.05) is 0 Å². The van der Waals surface area contributed by atoms with E-state index in [0.29, 0.717) is 9.80 Å². The molecular formula is C8H9N5O6. The first-order valence-electron chi connectivity index (χ1n) is 5.15. The molecule has 6 amide bonds. The quantitative estimate of drug-likeness (QED) is 0.464. The highest BCUT2D eigenvalue weighted by Crippen LogP contribution is 2.29. The van der Waals surface area contributed by atoms with Crippen LogP contribution in [0, 0.1) is 10.1 Å². The van der Waals surface area contributed by atoms with Crippen LogP contribution < -0.4 is 5.32 Å². The molecule has 0 aromatic rings. The normalized spacial score (nSPS) is 25.5. The Morgan fingerprint density at radius 2 is 1.74 bits per heavy atom. The Balaban J connectivity index is 2.50. The van der Waals surface area contributed by atoms with E-state index in [1.165, 1.54) is 0 Å². The molecule has 0 unspecified atom stereocenters. The Labute approximate surface area is 105 Å². The maximum atomic E-state index is 11.9. The zero-order valence-electron chi connectivity index (χ0n) is 9.89. The average Bonchev–Trinajstić information content (AvgIpc) is 2.67. The van der Waals surface area contributed by atoms with Gasteiger partial charge in [-0.05, 0) is 5.01 Å². The van der Waals surface area contributed by atoms with Gasteiger partial charge in [0.1, 0.15) is 0 Å². The number of hydrogen-bond donors (Lipinski definition) is 1. The van der Waals surface area contributed by atoms with E-state index in [4.69, 9.17) is 0 Å². The Morgan fingerprint density at radius 1 is 1.21 bits per heavy atom. The van der Waals surface area contributed by atoms with Gasteiger partial charge in [0, 0.05) is 13.8 Å². The van der Waals surface area contributed by atoms with E-state index in [1.54, 1.807) is 0 Å². The summed E-state index contributed by atoms with van der Waals surface area (Å²) >= 11 is 0. The number of carbonyl (C=O) groups excluding carboxylic acids is 4. The first-order chi connectivity index (χ1) is 8.77. The maximum absolute atomic E-state index is 11.9. The summed E-state index contributed by atoms with van der Waals surface area (Å²) in [5, 5.41) is 12.0. The molecule has 0 radical (unpaired) electrons. The molecule has 2 atom stereocenters. The van der Waals surface area contributed by atoms with E-state index in [9.17, 15) is 29.3 Å². The van der Waals surface area contributed by atoms with E-state index >= 15 is 0 Å². The molecule has 0 bridgehead atoms. The van der Waals surface area contributed by atoms with E-state index in [2.05, 4.69) is 5.32 Å². The minimum Gasteiger partial charge on any atom is -0.309 e. The minimum atomic E-state index is -1.48. The van der Waals surface area contributed by atoms with Crippen LogP contribution in [0.15, 0.2) is 0 Å². The van der Waals surface area contributed by atoms with Gasteiger partial charge in [-0.15, -0.1) is 0 Å². The summed E-state index contributed by atoms with van der Waals surface area (Å²) in [5.41, 5.74) is 0. The lowest BCUT2D eigenvalue weighted by Crippen LogP contribution is -2.50. The first-order valence-corrected chi connectivity index (χ1v) is 5.15. The van der Waals surface area contributed by atoms with Crippen LogP contribution in [-0.4, -0.2) is 56.0 Å². The van der Waals surface area contributed by atoms with Gasteiger partial charge in [0.15, 0.2) is 11.2 Å². The lowest BCUT2D eigenvalue weighted by Gasteiger charge is -2.19. The number of nitrogens with one attached hydrogen (secondary N) is 1. The zero-order valence-corrected chi connectivity index (χ0v) is 9.89. The highest BCUT2D eigenvalue weighted by Gasteiger charge is 2.62. The van der Waals surface area contributed by atoms with E-state index in [-0.39, 0.29) is 5.01 Å². The fourth-order valence-corrected chi connectivity index (χ4v) is 2.14. The second kappa shape index (κ2) is 3.90. The average molecular weight is 271 g/mol. The van der Waals surface area contributed by atoms with Crippen LogP contribution in [0.4, 0.5) is 9.59 Å². The molecule has 0 aromatic carbocycles. The van der Waals surface area contributed by atoms with Crippen molar-refractivity contribution in [3.8, 4) is 0 Å². The molecule has 2 heterocycles. The summed E-state index contributed by atoms with van der Waals surface area (Å²) in [6.07, 6.45) is -2.73. The number of urea groups is 2. The fraction of sp³-hybridized carbons (Fsp3) is 0.500. The molecule has 0 aliphatic carbocycles. The fourth-order valence-electron chi connectivity index (χ4n) is 2.14. The molecular weight excluding hydrogens is 262 g/mol. The number of hydrazine groups is 1. The third-order valence-electron chi connectivity index (χ3n) is 2.82. The van der Waals surface area contributed by atoms with Crippen molar-refractivity contribution in [2.45, 2.75) is 26.2 Å². The summed E-state index contributed by atoms with van der Waals surface area (Å²) in [5.74, 6) is -1.53. The van der Waals surface area contributed by atoms with Crippen molar-refractivity contribution in [2.24, 2.45) is 0 Å². The molecule has 0 spiro atoms. The second-order valence-electron chi connectivity index (χ2n) is 3.95. The number of rotatable bonds is 1. The number of imide groups is 2. The molecule has 2 aliphatic heterocycles. The van der Waals surface area contributed by atoms with Gasteiger partial charge >= 0.3 is 12.1 Å². The van der Waals surface area contributed by atoms with Gasteiger partial charge in [-0.2, -0.15) is 0 Å². The predicted molar refractivity (Wildman–Crippen MR) is 55.4 cm³/mol. The number of hydrogen-bond acceptors (Lipinski definition) is 6. The summed E-state index contributed by atoms with van der Waals surface area (Å²) in [6, 6.07) is -2.09. The molecule has 2 fully saturated rings. The van der Waals surface area contributed by atoms with Crippen molar-refractivity contribution in [1.82, 2.24) is 20.1 Å². The lowest BCUT2D eigenvalue weighted by atomic mass is 10.3. The van der Waals surface area contributed by atoms with Crippen LogP contribution in [0.1, 0.15) is 13.8 Å². The van der Waals surface area contributed by atoms with Crippen LogP contribution in [0.5, 0.6) is 0 Å². The standard InChI is InChI=1S/C8H9N5O6/c1-3(14)10-5-6(11(4(2)15)8(10)17)12(13(18)19)7(16)9-5/h5-6H,1-2H3,(H,9,16)/t5-,6-/m0/s1. The monoisotopic (exact) mass is 271 g/mol. The van der Waals surface area contributed by atoms with Crippen molar-refractivity contribution in [1.29, 1.82) is 0 Å². The number of carbonyl (C=O) groups is 4. The summed E-state index contributed by atoms with van der Waals surface area (Å²) in [6.45, 7) is 2.07. The SMILES string of the molecule is CC(=O)N1C(=O)N(C(C)=O)[C@@H]2[C@H]1NC(=O)N2[N+](=O)[O-]. The summed E-state index contributed by atoms with van der Waals surface area (Å²) < 4.78 is 0. The summed E-state index contributed by atoms with van der Waals surface area (Å²) in [7, 11) is 0. The number of fused-ring (bicyclic) bond motifs is 1. The number of amides is 6. The van der Waals surface area contributed by atoms with E-state index < -0.39 is 41.2 Å². The minimum absolute atomic E-state index is 0.118. The lowest BCUT2D eigenvalue weighted by molar-refractivity contribution is -0.641. The third-order valence-corrected chi connectivity index (χ3v) is 2.82. The molecule has 0 saturated carbocycles. The molecule has 2 rings (SSSR count). The highest BCUT2D eigenvalue weighted by molar-refractivity contribution is 6.04. The smallest absolute Gasteiger partial charge is 0.309 e. The number of nitro groups is 1. The van der Waals surface area contributed by atoms with Crippen LogP contribution in [0.3, 0.4) is 0 Å². The summed E-state index contributed by atoms with van der Waals surface area (Å²) in [4.78, 5) is 58.1. The first kappa shape index (κ1) is 12.7. The molecule has 2 aliphatic rings. The largest absolute Gasteiger partial charge is 0.379 e. The van der Waals surface area contributed by atoms with Crippen molar-refractivity contribution in [3.05, 3.63) is 10.1 Å². The molecule has 11 heteroatoms. The molecule has 19 heavy (non-hydrogen) atoms. The molecule has 1 N–H and O–H groups in total. The van der Waals surface area contributed by atoms with Crippen molar-refractivity contribution < 1.29 is 24.2 Å². The van der Waals surface area contributed by atoms with Gasteiger partial charge < -0.3 is 5.32 Å². The molecule has 0 aromatic heterocycles. The van der Waals surface area contributed by atoms with Crippen LogP contribution >= 0.6 is 0 Å². The molecule has 102 valence electrons. The zero-order chi connectivity index (χ0) is 14.5. The molecule has 2 saturated heterocycles. The Kier molecular flexibility index (Phi) is 2.61.